The van der Waals surface area contributed by atoms with Gasteiger partial charge in [0.1, 0.15) is 6.04 Å². The molecule has 3 saturated heterocycles. The molecule has 41 heavy (non-hydrogen) atoms. The highest BCUT2D eigenvalue weighted by atomic mass is 16.2. The Kier molecular flexibility index (Phi) is 8.10. The summed E-state index contributed by atoms with van der Waals surface area (Å²) in [5.41, 5.74) is 1.56. The molecule has 6 rings (SSSR count). The molecule has 4 fully saturated rings. The molecule has 0 radical (unpaired) electrons. The number of nitrogens with zero attached hydrogens (tertiary/aromatic N) is 4. The third-order valence-electron chi connectivity index (χ3n) is 9.89. The Balaban J connectivity index is 0.972. The predicted molar refractivity (Wildman–Crippen MR) is 152 cm³/mol. The number of nitrogens with one attached hydrogen (secondary N) is 1. The minimum absolute atomic E-state index is 0.109. The number of fused-ring (bicyclic) bond motifs is 1. The van der Waals surface area contributed by atoms with Gasteiger partial charge in [0.2, 0.25) is 17.7 Å². The zero-order valence-corrected chi connectivity index (χ0v) is 23.8. The average Bonchev–Trinajstić information content (AvgIpc) is 3.59. The Labute approximate surface area is 241 Å². The van der Waals surface area contributed by atoms with Crippen LogP contribution in [0.3, 0.4) is 0 Å². The number of piperidine rings is 2. The van der Waals surface area contributed by atoms with Crippen molar-refractivity contribution in [1.29, 1.82) is 0 Å². The highest BCUT2D eigenvalue weighted by Gasteiger charge is 2.44. The van der Waals surface area contributed by atoms with Crippen molar-refractivity contribution in [3.05, 3.63) is 29.3 Å². The van der Waals surface area contributed by atoms with Crippen LogP contribution < -0.4 is 10.2 Å². The molecule has 4 aliphatic heterocycles. The molecule has 0 bridgehead atoms. The number of benzene rings is 1. The van der Waals surface area contributed by atoms with Crippen molar-refractivity contribution in [3.63, 3.8) is 0 Å². The first-order valence-electron chi connectivity index (χ1n) is 15.5. The van der Waals surface area contributed by atoms with Gasteiger partial charge in [-0.2, -0.15) is 0 Å². The van der Waals surface area contributed by atoms with Gasteiger partial charge in [0.05, 0.1) is 11.1 Å². The van der Waals surface area contributed by atoms with E-state index in [9.17, 15) is 24.0 Å². The van der Waals surface area contributed by atoms with E-state index >= 15 is 0 Å². The molecule has 0 aromatic heterocycles. The lowest BCUT2D eigenvalue weighted by atomic mass is 9.95. The normalized spacial score (nSPS) is 24.8. The zero-order chi connectivity index (χ0) is 28.5. The lowest BCUT2D eigenvalue weighted by Gasteiger charge is -2.39. The molecule has 4 heterocycles. The van der Waals surface area contributed by atoms with Crippen molar-refractivity contribution < 1.29 is 24.0 Å². The first-order chi connectivity index (χ1) is 19.9. The second-order valence-electron chi connectivity index (χ2n) is 12.5. The summed E-state index contributed by atoms with van der Waals surface area (Å²) >= 11 is 0. The van der Waals surface area contributed by atoms with E-state index in [2.05, 4.69) is 20.0 Å². The van der Waals surface area contributed by atoms with Crippen molar-refractivity contribution in [2.75, 3.05) is 50.7 Å². The summed E-state index contributed by atoms with van der Waals surface area (Å²) in [5.74, 6) is -0.219. The van der Waals surface area contributed by atoms with E-state index in [1.807, 2.05) is 6.07 Å². The zero-order valence-electron chi connectivity index (χ0n) is 23.8. The van der Waals surface area contributed by atoms with Gasteiger partial charge in [-0.1, -0.05) is 25.7 Å². The largest absolute Gasteiger partial charge is 0.371 e. The van der Waals surface area contributed by atoms with Gasteiger partial charge >= 0.3 is 0 Å². The van der Waals surface area contributed by atoms with E-state index in [1.165, 1.54) is 25.7 Å². The van der Waals surface area contributed by atoms with Crippen LogP contribution >= 0.6 is 0 Å². The maximum atomic E-state index is 13.2. The molecule has 1 atom stereocenters. The van der Waals surface area contributed by atoms with Crippen LogP contribution in [0.2, 0.25) is 0 Å². The van der Waals surface area contributed by atoms with Crippen LogP contribution in [-0.4, -0.2) is 96.1 Å². The molecule has 1 aliphatic carbocycles. The van der Waals surface area contributed by atoms with Crippen LogP contribution in [0.15, 0.2) is 18.2 Å². The van der Waals surface area contributed by atoms with Gasteiger partial charge in [0.15, 0.2) is 0 Å². The molecular weight excluding hydrogens is 522 g/mol. The minimum atomic E-state index is -0.948. The lowest BCUT2D eigenvalue weighted by molar-refractivity contribution is -0.136. The van der Waals surface area contributed by atoms with Gasteiger partial charge in [-0.25, -0.2) is 0 Å². The first kappa shape index (κ1) is 27.9. The number of imide groups is 2. The number of rotatable bonds is 7. The number of piperazine rings is 1. The summed E-state index contributed by atoms with van der Waals surface area (Å²) in [6.45, 7) is 6.36. The smallest absolute Gasteiger partial charge is 0.262 e. The number of carbonyl (C=O) groups is 5. The van der Waals surface area contributed by atoms with Gasteiger partial charge < -0.3 is 9.80 Å². The molecular formula is C31H41N5O5. The number of anilines is 1. The topological polar surface area (TPSA) is 110 Å². The number of amides is 5. The van der Waals surface area contributed by atoms with E-state index in [-0.39, 0.29) is 18.7 Å². The second-order valence-corrected chi connectivity index (χ2v) is 12.5. The third-order valence-corrected chi connectivity index (χ3v) is 9.89. The lowest BCUT2D eigenvalue weighted by Crippen LogP contribution is -2.54. The molecule has 10 heteroatoms. The van der Waals surface area contributed by atoms with E-state index in [4.69, 9.17) is 0 Å². The molecule has 1 saturated carbocycles. The Morgan fingerprint density at radius 3 is 2.22 bits per heavy atom. The fourth-order valence-electron chi connectivity index (χ4n) is 7.36. The number of carbonyl (C=O) groups excluding carboxylic acids is 5. The first-order valence-corrected chi connectivity index (χ1v) is 15.5. The maximum absolute atomic E-state index is 13.2. The van der Waals surface area contributed by atoms with Crippen LogP contribution in [0.25, 0.3) is 0 Å². The Morgan fingerprint density at radius 1 is 0.805 bits per heavy atom. The molecule has 1 unspecified atom stereocenters. The third kappa shape index (κ3) is 5.89. The van der Waals surface area contributed by atoms with Crippen LogP contribution in [0.4, 0.5) is 5.69 Å². The summed E-state index contributed by atoms with van der Waals surface area (Å²) in [6, 6.07) is 4.42. The van der Waals surface area contributed by atoms with Crippen molar-refractivity contribution in [1.82, 2.24) is 20.0 Å². The van der Waals surface area contributed by atoms with Crippen molar-refractivity contribution in [2.45, 2.75) is 70.3 Å². The number of hydrogen-bond donors (Lipinski definition) is 1. The van der Waals surface area contributed by atoms with Crippen molar-refractivity contribution >= 4 is 35.2 Å². The summed E-state index contributed by atoms with van der Waals surface area (Å²) < 4.78 is 0. The highest BCUT2D eigenvalue weighted by molar-refractivity contribution is 6.23. The quantitative estimate of drug-likeness (QED) is 0.508. The monoisotopic (exact) mass is 563 g/mol. The Hall–Kier alpha value is -3.27. The molecule has 220 valence electrons. The molecule has 1 aromatic carbocycles. The Bertz CT molecular complexity index is 1210. The van der Waals surface area contributed by atoms with Crippen LogP contribution in [0.1, 0.15) is 84.9 Å². The molecule has 10 nitrogen and oxygen atoms in total. The van der Waals surface area contributed by atoms with E-state index in [0.29, 0.717) is 29.4 Å². The van der Waals surface area contributed by atoms with E-state index in [0.717, 1.165) is 81.6 Å². The fraction of sp³-hybridized carbons (Fsp3) is 0.645. The van der Waals surface area contributed by atoms with E-state index in [1.54, 1.807) is 12.1 Å². The Morgan fingerprint density at radius 2 is 1.51 bits per heavy atom. The summed E-state index contributed by atoms with van der Waals surface area (Å²) in [7, 11) is 0. The summed E-state index contributed by atoms with van der Waals surface area (Å²) in [5, 5.41) is 2.24. The van der Waals surface area contributed by atoms with Gasteiger partial charge in [0.25, 0.3) is 11.8 Å². The SMILES string of the molecule is O=C1CCC(N2C(=O)c3ccc(N4CCC(CN5CCN(C(=O)CCC6CCCC6)CC5)CC4)cc3C2=O)C(=O)N1. The van der Waals surface area contributed by atoms with Crippen LogP contribution in [0.5, 0.6) is 0 Å². The summed E-state index contributed by atoms with van der Waals surface area (Å²) in [4.78, 5) is 70.6. The van der Waals surface area contributed by atoms with Gasteiger partial charge in [-0.05, 0) is 55.7 Å². The minimum Gasteiger partial charge on any atom is -0.371 e. The molecule has 1 N–H and O–H groups in total. The molecule has 1 aromatic rings. The van der Waals surface area contributed by atoms with Crippen LogP contribution in [0, 0.1) is 11.8 Å². The second kappa shape index (κ2) is 11.9. The van der Waals surface area contributed by atoms with Crippen molar-refractivity contribution in [2.24, 2.45) is 11.8 Å². The standard InChI is InChI=1S/C31H41N5O5/c37-27-9-8-26(29(39)32-27)36-30(40)24-7-6-23(19-25(24)31(36)41)34-13-11-22(12-14-34)20-33-15-17-35(18-16-33)28(38)10-5-21-3-1-2-4-21/h6-7,19,21-22,26H,1-5,8-18,20H2,(H,32,37,39). The van der Waals surface area contributed by atoms with Gasteiger partial charge in [-0.3, -0.25) is 39.1 Å². The van der Waals surface area contributed by atoms with Gasteiger partial charge in [0, 0.05) is 64.3 Å². The van der Waals surface area contributed by atoms with Crippen LogP contribution in [-0.2, 0) is 14.4 Å². The summed E-state index contributed by atoms with van der Waals surface area (Å²) in [6.07, 6.45) is 9.39. The average molecular weight is 564 g/mol. The molecule has 5 amide bonds. The maximum Gasteiger partial charge on any atom is 0.262 e. The van der Waals surface area contributed by atoms with Gasteiger partial charge in [-0.15, -0.1) is 0 Å². The highest BCUT2D eigenvalue weighted by Crippen LogP contribution is 2.33. The number of hydrogen-bond acceptors (Lipinski definition) is 7. The molecule has 0 spiro atoms. The predicted octanol–water partition coefficient (Wildman–Crippen LogP) is 2.42. The molecule has 5 aliphatic rings. The van der Waals surface area contributed by atoms with E-state index < -0.39 is 23.8 Å². The fourth-order valence-corrected chi connectivity index (χ4v) is 7.36. The van der Waals surface area contributed by atoms with Crippen molar-refractivity contribution in [3.8, 4) is 0 Å².